The van der Waals surface area contributed by atoms with E-state index in [-0.39, 0.29) is 5.60 Å². The second-order valence-electron chi connectivity index (χ2n) is 6.93. The molecule has 2 aromatic carbocycles. The number of benzene rings is 2. The lowest BCUT2D eigenvalue weighted by Gasteiger charge is -2.17. The molecular weight excluding hydrogens is 296 g/mol. The molecule has 3 nitrogen and oxygen atoms in total. The summed E-state index contributed by atoms with van der Waals surface area (Å²) in [6, 6.07) is 16.4. The lowest BCUT2D eigenvalue weighted by Crippen LogP contribution is -2.24. The van der Waals surface area contributed by atoms with Crippen molar-refractivity contribution in [1.29, 1.82) is 0 Å². The molecule has 4 rings (SSSR count). The maximum Gasteiger partial charge on any atom is 0.132 e. The Hall–Kier alpha value is -2.68. The molecule has 1 aliphatic rings. The lowest BCUT2D eigenvalue weighted by molar-refractivity contribution is 0.138. The van der Waals surface area contributed by atoms with Crippen LogP contribution in [0.3, 0.4) is 0 Å². The van der Waals surface area contributed by atoms with Crippen LogP contribution in [0, 0.1) is 6.92 Å². The average molecular weight is 316 g/mol. The van der Waals surface area contributed by atoms with Crippen molar-refractivity contribution in [2.75, 3.05) is 0 Å². The summed E-state index contributed by atoms with van der Waals surface area (Å²) in [6.45, 7) is 6.24. The minimum Gasteiger partial charge on any atom is -0.487 e. The maximum atomic E-state index is 6.11. The van der Waals surface area contributed by atoms with Crippen molar-refractivity contribution in [3.8, 4) is 5.75 Å². The number of aromatic nitrogens is 1. The summed E-state index contributed by atoms with van der Waals surface area (Å²) in [5.74, 6) is 0.959. The van der Waals surface area contributed by atoms with E-state index in [0.29, 0.717) is 0 Å². The number of ether oxygens (including phenoxy) is 1. The molecule has 120 valence electrons. The Kier molecular flexibility index (Phi) is 3.38. The summed E-state index contributed by atoms with van der Waals surface area (Å²) in [5.41, 5.74) is 5.04. The van der Waals surface area contributed by atoms with Crippen LogP contribution in [-0.4, -0.2) is 16.8 Å². The van der Waals surface area contributed by atoms with Gasteiger partial charge in [-0.3, -0.25) is 9.98 Å². The molecule has 0 bridgehead atoms. The molecule has 0 fully saturated rings. The first-order chi connectivity index (χ1) is 11.5. The molecule has 0 radical (unpaired) electrons. The van der Waals surface area contributed by atoms with Crippen LogP contribution in [0.5, 0.6) is 5.75 Å². The van der Waals surface area contributed by atoms with Crippen LogP contribution in [0.2, 0.25) is 0 Å². The largest absolute Gasteiger partial charge is 0.487 e. The third kappa shape index (κ3) is 2.67. The van der Waals surface area contributed by atoms with Gasteiger partial charge in [-0.05, 0) is 56.7 Å². The molecular formula is C21H20N2O. The minimum atomic E-state index is -0.146. The zero-order valence-corrected chi connectivity index (χ0v) is 14.2. The molecule has 0 aliphatic carbocycles. The standard InChI is InChI=1S/C21H20N2O/c1-14-10-11-17-18(8-5-9-19(17)23-14)22-13-16-7-4-6-15-12-21(2,3)24-20(15)16/h4-11,13H,12H2,1-3H3/b22-13+. The Morgan fingerprint density at radius 2 is 1.92 bits per heavy atom. The molecule has 24 heavy (non-hydrogen) atoms. The Balaban J connectivity index is 1.74. The number of rotatable bonds is 2. The van der Waals surface area contributed by atoms with Crippen molar-refractivity contribution in [3.63, 3.8) is 0 Å². The van der Waals surface area contributed by atoms with Gasteiger partial charge in [-0.15, -0.1) is 0 Å². The van der Waals surface area contributed by atoms with E-state index in [2.05, 4.69) is 43.1 Å². The van der Waals surface area contributed by atoms with Crippen molar-refractivity contribution < 1.29 is 4.74 Å². The smallest absolute Gasteiger partial charge is 0.132 e. The highest BCUT2D eigenvalue weighted by molar-refractivity contribution is 5.94. The van der Waals surface area contributed by atoms with Gasteiger partial charge in [0.15, 0.2) is 0 Å². The molecule has 0 N–H and O–H groups in total. The lowest BCUT2D eigenvalue weighted by atomic mass is 10.0. The molecule has 0 saturated carbocycles. The molecule has 3 aromatic rings. The van der Waals surface area contributed by atoms with Crippen LogP contribution in [0.4, 0.5) is 5.69 Å². The SMILES string of the molecule is Cc1ccc2c(/N=C/c3cccc4c3OC(C)(C)C4)cccc2n1. The zero-order chi connectivity index (χ0) is 16.7. The second kappa shape index (κ2) is 5.45. The first-order valence-corrected chi connectivity index (χ1v) is 8.23. The van der Waals surface area contributed by atoms with Gasteiger partial charge in [0.25, 0.3) is 0 Å². The molecule has 1 aromatic heterocycles. The normalized spacial score (nSPS) is 15.6. The Morgan fingerprint density at radius 1 is 1.08 bits per heavy atom. The number of fused-ring (bicyclic) bond motifs is 2. The summed E-state index contributed by atoms with van der Waals surface area (Å²) >= 11 is 0. The van der Waals surface area contributed by atoms with E-state index in [4.69, 9.17) is 9.73 Å². The minimum absolute atomic E-state index is 0.146. The van der Waals surface area contributed by atoms with E-state index < -0.39 is 0 Å². The van der Waals surface area contributed by atoms with Crippen molar-refractivity contribution in [2.24, 2.45) is 4.99 Å². The predicted octanol–water partition coefficient (Wildman–Crippen LogP) is 5.01. The second-order valence-corrected chi connectivity index (χ2v) is 6.93. The number of hydrogen-bond donors (Lipinski definition) is 0. The third-order valence-corrected chi connectivity index (χ3v) is 4.31. The summed E-state index contributed by atoms with van der Waals surface area (Å²) < 4.78 is 6.11. The number of aryl methyl sites for hydroxylation is 1. The summed E-state index contributed by atoms with van der Waals surface area (Å²) in [4.78, 5) is 9.28. The van der Waals surface area contributed by atoms with Gasteiger partial charge in [-0.25, -0.2) is 0 Å². The van der Waals surface area contributed by atoms with Crippen LogP contribution < -0.4 is 4.74 Å². The van der Waals surface area contributed by atoms with Crippen molar-refractivity contribution in [3.05, 3.63) is 65.4 Å². The van der Waals surface area contributed by atoms with Gasteiger partial charge in [0.1, 0.15) is 11.4 Å². The summed E-state index contributed by atoms with van der Waals surface area (Å²) in [5, 5.41) is 1.06. The molecule has 3 heteroatoms. The molecule has 0 amide bonds. The Morgan fingerprint density at radius 3 is 2.79 bits per heavy atom. The van der Waals surface area contributed by atoms with E-state index in [1.54, 1.807) is 0 Å². The quantitative estimate of drug-likeness (QED) is 0.623. The van der Waals surface area contributed by atoms with Gasteiger partial charge in [-0.1, -0.05) is 18.2 Å². The average Bonchev–Trinajstić information content (AvgIpc) is 2.86. The van der Waals surface area contributed by atoms with E-state index >= 15 is 0 Å². The highest BCUT2D eigenvalue weighted by atomic mass is 16.5. The predicted molar refractivity (Wildman–Crippen MR) is 98.6 cm³/mol. The van der Waals surface area contributed by atoms with Gasteiger partial charge in [0.05, 0.1) is 11.2 Å². The first-order valence-electron chi connectivity index (χ1n) is 8.23. The van der Waals surface area contributed by atoms with Crippen LogP contribution in [0.1, 0.15) is 30.7 Å². The maximum absolute atomic E-state index is 6.11. The Labute approximate surface area is 142 Å². The first kappa shape index (κ1) is 14.9. The van der Waals surface area contributed by atoms with Gasteiger partial charge in [0, 0.05) is 29.3 Å². The third-order valence-electron chi connectivity index (χ3n) is 4.31. The van der Waals surface area contributed by atoms with Crippen molar-refractivity contribution in [1.82, 2.24) is 4.98 Å². The monoisotopic (exact) mass is 316 g/mol. The van der Waals surface area contributed by atoms with E-state index in [0.717, 1.165) is 40.0 Å². The molecule has 1 aliphatic heterocycles. The Bertz CT molecular complexity index is 957. The van der Waals surface area contributed by atoms with Gasteiger partial charge in [-0.2, -0.15) is 0 Å². The van der Waals surface area contributed by atoms with Gasteiger partial charge >= 0.3 is 0 Å². The molecule has 2 heterocycles. The van der Waals surface area contributed by atoms with Gasteiger partial charge in [0.2, 0.25) is 0 Å². The highest BCUT2D eigenvalue weighted by Gasteiger charge is 2.31. The zero-order valence-electron chi connectivity index (χ0n) is 14.2. The molecule has 0 atom stereocenters. The molecule has 0 unspecified atom stereocenters. The number of pyridine rings is 1. The highest BCUT2D eigenvalue weighted by Crippen LogP contribution is 2.37. The van der Waals surface area contributed by atoms with E-state index in [1.165, 1.54) is 5.56 Å². The van der Waals surface area contributed by atoms with Crippen molar-refractivity contribution >= 4 is 22.8 Å². The van der Waals surface area contributed by atoms with Crippen LogP contribution >= 0.6 is 0 Å². The van der Waals surface area contributed by atoms with E-state index in [1.807, 2.05) is 37.4 Å². The number of aliphatic imine (C=N–C) groups is 1. The summed E-state index contributed by atoms with van der Waals surface area (Å²) in [6.07, 6.45) is 2.83. The van der Waals surface area contributed by atoms with Crippen LogP contribution in [0.15, 0.2) is 53.5 Å². The van der Waals surface area contributed by atoms with Crippen molar-refractivity contribution in [2.45, 2.75) is 32.8 Å². The van der Waals surface area contributed by atoms with E-state index in [9.17, 15) is 0 Å². The van der Waals surface area contributed by atoms with Gasteiger partial charge < -0.3 is 4.74 Å². The number of nitrogens with zero attached hydrogens (tertiary/aromatic N) is 2. The fraction of sp³-hybridized carbons (Fsp3) is 0.238. The molecule has 0 spiro atoms. The van der Waals surface area contributed by atoms with Crippen LogP contribution in [0.25, 0.3) is 10.9 Å². The molecule has 0 saturated heterocycles. The fourth-order valence-corrected chi connectivity index (χ4v) is 3.23. The number of hydrogen-bond acceptors (Lipinski definition) is 3. The summed E-state index contributed by atoms with van der Waals surface area (Å²) in [7, 11) is 0. The fourth-order valence-electron chi connectivity index (χ4n) is 3.23. The van der Waals surface area contributed by atoms with Crippen LogP contribution in [-0.2, 0) is 6.42 Å². The topological polar surface area (TPSA) is 34.5 Å². The number of para-hydroxylation sites is 1.